The van der Waals surface area contributed by atoms with Gasteiger partial charge in [-0.3, -0.25) is 10.1 Å². The number of anilines is 1. The number of rotatable bonds is 3. The molecule has 0 amide bonds. The van der Waals surface area contributed by atoms with Gasteiger partial charge in [0.05, 0.1) is 16.8 Å². The van der Waals surface area contributed by atoms with E-state index in [2.05, 4.69) is 5.10 Å². The first-order chi connectivity index (χ1) is 10.2. The quantitative estimate of drug-likeness (QED) is 0.590. The lowest BCUT2D eigenvalue weighted by Crippen LogP contribution is -2.00. The first-order valence-electron chi connectivity index (χ1n) is 6.31. The van der Waals surface area contributed by atoms with Gasteiger partial charge < -0.3 is 5.73 Å². The molecule has 2 N–H and O–H groups in total. The topological polar surface area (TPSA) is 87.0 Å². The van der Waals surface area contributed by atoms with E-state index in [-0.39, 0.29) is 5.69 Å². The van der Waals surface area contributed by atoms with Crippen molar-refractivity contribution in [1.82, 2.24) is 9.78 Å². The normalized spacial score (nSPS) is 10.5. The summed E-state index contributed by atoms with van der Waals surface area (Å²) in [4.78, 5) is 10.7. The fraction of sp³-hybridized carbons (Fsp3) is 0. The number of nitrogens with two attached hydrogens (primary N) is 1. The lowest BCUT2D eigenvalue weighted by Gasteiger charge is -2.02. The highest BCUT2D eigenvalue weighted by Crippen LogP contribution is 2.28. The summed E-state index contributed by atoms with van der Waals surface area (Å²) in [5.41, 5.74) is 8.30. The predicted molar refractivity (Wildman–Crippen MR) is 80.1 cm³/mol. The van der Waals surface area contributed by atoms with Crippen LogP contribution in [-0.4, -0.2) is 14.7 Å². The van der Waals surface area contributed by atoms with Gasteiger partial charge in [-0.25, -0.2) is 4.68 Å². The SMILES string of the molecule is Nc1cn(-c2ccccc2[N+](=O)[O-])nc1-c1ccccc1. The molecule has 0 atom stereocenters. The molecule has 0 saturated heterocycles. The standard InChI is InChI=1S/C15H12N4O2/c16-12-10-18(13-8-4-5-9-14(13)19(20)21)17-15(12)11-6-2-1-3-7-11/h1-10H,16H2. The van der Waals surface area contributed by atoms with E-state index in [0.717, 1.165) is 5.56 Å². The number of nitrogen functional groups attached to an aromatic ring is 1. The Morgan fingerprint density at radius 3 is 2.43 bits per heavy atom. The minimum Gasteiger partial charge on any atom is -0.396 e. The van der Waals surface area contributed by atoms with E-state index < -0.39 is 4.92 Å². The van der Waals surface area contributed by atoms with Crippen LogP contribution >= 0.6 is 0 Å². The Labute approximate surface area is 120 Å². The van der Waals surface area contributed by atoms with Gasteiger partial charge in [0, 0.05) is 11.6 Å². The number of nitro groups is 1. The average molecular weight is 280 g/mol. The van der Waals surface area contributed by atoms with Crippen molar-refractivity contribution in [2.45, 2.75) is 0 Å². The molecule has 6 heteroatoms. The highest BCUT2D eigenvalue weighted by Gasteiger charge is 2.17. The zero-order valence-corrected chi connectivity index (χ0v) is 11.0. The van der Waals surface area contributed by atoms with Crippen LogP contribution < -0.4 is 5.73 Å². The molecule has 6 nitrogen and oxygen atoms in total. The van der Waals surface area contributed by atoms with Crippen molar-refractivity contribution in [2.24, 2.45) is 0 Å². The van der Waals surface area contributed by atoms with Crippen LogP contribution in [0.2, 0.25) is 0 Å². The van der Waals surface area contributed by atoms with Gasteiger partial charge in [0.25, 0.3) is 5.69 Å². The van der Waals surface area contributed by atoms with E-state index in [9.17, 15) is 10.1 Å². The highest BCUT2D eigenvalue weighted by molar-refractivity contribution is 5.72. The second kappa shape index (κ2) is 5.09. The molecule has 0 bridgehead atoms. The van der Waals surface area contributed by atoms with Crippen LogP contribution in [0.15, 0.2) is 60.8 Å². The van der Waals surface area contributed by atoms with E-state index >= 15 is 0 Å². The molecule has 21 heavy (non-hydrogen) atoms. The van der Waals surface area contributed by atoms with Gasteiger partial charge in [0.1, 0.15) is 11.4 Å². The fourth-order valence-corrected chi connectivity index (χ4v) is 2.14. The second-order valence-corrected chi connectivity index (χ2v) is 4.49. The van der Waals surface area contributed by atoms with Crippen molar-refractivity contribution in [3.63, 3.8) is 0 Å². The number of hydrogen-bond donors (Lipinski definition) is 1. The molecule has 0 unspecified atom stereocenters. The maximum Gasteiger partial charge on any atom is 0.294 e. The third-order valence-electron chi connectivity index (χ3n) is 3.12. The fourth-order valence-electron chi connectivity index (χ4n) is 2.14. The van der Waals surface area contributed by atoms with Gasteiger partial charge >= 0.3 is 0 Å². The molecule has 3 aromatic rings. The Kier molecular flexibility index (Phi) is 3.12. The molecule has 2 aromatic carbocycles. The number of hydrogen-bond acceptors (Lipinski definition) is 4. The average Bonchev–Trinajstić information content (AvgIpc) is 2.90. The Morgan fingerprint density at radius 2 is 1.71 bits per heavy atom. The van der Waals surface area contributed by atoms with Gasteiger partial charge in [0.2, 0.25) is 0 Å². The Balaban J connectivity index is 2.12. The maximum atomic E-state index is 11.1. The zero-order chi connectivity index (χ0) is 14.8. The molecular formula is C15H12N4O2. The largest absolute Gasteiger partial charge is 0.396 e. The van der Waals surface area contributed by atoms with Crippen LogP contribution in [0, 0.1) is 10.1 Å². The van der Waals surface area contributed by atoms with Crippen LogP contribution in [0.25, 0.3) is 16.9 Å². The minimum absolute atomic E-state index is 0.0142. The van der Waals surface area contributed by atoms with Crippen molar-refractivity contribution in [3.8, 4) is 16.9 Å². The van der Waals surface area contributed by atoms with E-state index in [1.54, 1.807) is 24.4 Å². The molecule has 0 radical (unpaired) electrons. The molecule has 0 fully saturated rings. The minimum atomic E-state index is -0.435. The Hall–Kier alpha value is -3.15. The van der Waals surface area contributed by atoms with Gasteiger partial charge in [-0.1, -0.05) is 42.5 Å². The first-order valence-corrected chi connectivity index (χ1v) is 6.31. The summed E-state index contributed by atoms with van der Waals surface area (Å²) in [6.45, 7) is 0. The van der Waals surface area contributed by atoms with Gasteiger partial charge in [0.15, 0.2) is 0 Å². The van der Waals surface area contributed by atoms with Crippen LogP contribution in [-0.2, 0) is 0 Å². The molecule has 0 aliphatic carbocycles. The van der Waals surface area contributed by atoms with E-state index in [0.29, 0.717) is 17.1 Å². The van der Waals surface area contributed by atoms with Crippen LogP contribution in [0.3, 0.4) is 0 Å². The van der Waals surface area contributed by atoms with Crippen LogP contribution in [0.4, 0.5) is 11.4 Å². The molecule has 1 heterocycles. The second-order valence-electron chi connectivity index (χ2n) is 4.49. The Bertz CT molecular complexity index is 796. The molecule has 1 aromatic heterocycles. The third kappa shape index (κ3) is 2.34. The lowest BCUT2D eigenvalue weighted by atomic mass is 10.1. The monoisotopic (exact) mass is 280 g/mol. The van der Waals surface area contributed by atoms with Gasteiger partial charge in [-0.15, -0.1) is 0 Å². The summed E-state index contributed by atoms with van der Waals surface area (Å²) in [6, 6.07) is 15.9. The number of nitro benzene ring substituents is 1. The summed E-state index contributed by atoms with van der Waals surface area (Å²) in [7, 11) is 0. The van der Waals surface area contributed by atoms with Crippen molar-refractivity contribution in [2.75, 3.05) is 5.73 Å². The summed E-state index contributed by atoms with van der Waals surface area (Å²) < 4.78 is 1.44. The van der Waals surface area contributed by atoms with E-state index in [1.807, 2.05) is 30.3 Å². The van der Waals surface area contributed by atoms with E-state index in [4.69, 9.17) is 5.73 Å². The third-order valence-corrected chi connectivity index (χ3v) is 3.12. The summed E-state index contributed by atoms with van der Waals surface area (Å²) in [6.07, 6.45) is 1.59. The first kappa shape index (κ1) is 12.9. The number of para-hydroxylation sites is 2. The van der Waals surface area contributed by atoms with Crippen molar-refractivity contribution in [3.05, 3.63) is 70.9 Å². The number of aromatic nitrogens is 2. The molecule has 0 aliphatic rings. The molecular weight excluding hydrogens is 268 g/mol. The predicted octanol–water partition coefficient (Wildman–Crippen LogP) is 3.03. The summed E-state index contributed by atoms with van der Waals surface area (Å²) in [5.74, 6) is 0. The zero-order valence-electron chi connectivity index (χ0n) is 11.0. The number of nitrogens with zero attached hydrogens (tertiary/aromatic N) is 3. The molecule has 0 saturated carbocycles. The van der Waals surface area contributed by atoms with Crippen molar-refractivity contribution in [1.29, 1.82) is 0 Å². The van der Waals surface area contributed by atoms with Crippen molar-refractivity contribution < 1.29 is 4.92 Å². The van der Waals surface area contributed by atoms with Crippen LogP contribution in [0.5, 0.6) is 0 Å². The van der Waals surface area contributed by atoms with Gasteiger partial charge in [-0.2, -0.15) is 5.10 Å². The molecule has 0 spiro atoms. The molecule has 3 rings (SSSR count). The van der Waals surface area contributed by atoms with Gasteiger partial charge in [-0.05, 0) is 6.07 Å². The highest BCUT2D eigenvalue weighted by atomic mass is 16.6. The van der Waals surface area contributed by atoms with Crippen molar-refractivity contribution >= 4 is 11.4 Å². The number of benzene rings is 2. The lowest BCUT2D eigenvalue weighted by molar-refractivity contribution is -0.384. The maximum absolute atomic E-state index is 11.1. The Morgan fingerprint density at radius 1 is 1.05 bits per heavy atom. The molecule has 0 aliphatic heterocycles. The van der Waals surface area contributed by atoms with Crippen LogP contribution in [0.1, 0.15) is 0 Å². The smallest absolute Gasteiger partial charge is 0.294 e. The summed E-state index contributed by atoms with van der Waals surface area (Å²) >= 11 is 0. The van der Waals surface area contributed by atoms with E-state index in [1.165, 1.54) is 10.7 Å². The summed E-state index contributed by atoms with van der Waals surface area (Å²) in [5, 5.41) is 15.5. The molecule has 104 valence electrons.